The van der Waals surface area contributed by atoms with Gasteiger partial charge in [0.2, 0.25) is 0 Å². The molecule has 1 atom stereocenters. The van der Waals surface area contributed by atoms with Gasteiger partial charge in [-0.25, -0.2) is 4.79 Å². The van der Waals surface area contributed by atoms with Crippen LogP contribution >= 0.6 is 0 Å². The number of ether oxygens (including phenoxy) is 2. The lowest BCUT2D eigenvalue weighted by molar-refractivity contribution is 0.0601. The van der Waals surface area contributed by atoms with Crippen molar-refractivity contribution in [2.75, 3.05) is 20.8 Å². The van der Waals surface area contributed by atoms with Gasteiger partial charge in [-0.3, -0.25) is 9.48 Å². The van der Waals surface area contributed by atoms with Gasteiger partial charge < -0.3 is 14.0 Å². The third-order valence-electron chi connectivity index (χ3n) is 6.40. The zero-order valence-electron chi connectivity index (χ0n) is 19.9. The number of carbonyl (C=O) groups excluding carboxylic acids is 1. The van der Waals surface area contributed by atoms with E-state index in [1.54, 1.807) is 13.2 Å². The van der Waals surface area contributed by atoms with Crippen LogP contribution in [0.1, 0.15) is 47.8 Å². The molecule has 2 aromatic heterocycles. The summed E-state index contributed by atoms with van der Waals surface area (Å²) < 4.78 is 14.3. The highest BCUT2D eigenvalue weighted by molar-refractivity contribution is 5.98. The monoisotopic (exact) mass is 449 g/mol. The average molecular weight is 450 g/mol. The second-order valence-electron chi connectivity index (χ2n) is 8.99. The van der Waals surface area contributed by atoms with Crippen LogP contribution in [0.3, 0.4) is 0 Å². The second-order valence-corrected chi connectivity index (χ2v) is 8.99. The molecule has 0 radical (unpaired) electrons. The first-order chi connectivity index (χ1) is 15.8. The van der Waals surface area contributed by atoms with E-state index in [9.17, 15) is 9.59 Å². The lowest BCUT2D eigenvalue weighted by Gasteiger charge is -2.34. The van der Waals surface area contributed by atoms with Crippen LogP contribution < -0.4 is 5.43 Å². The SMILES string of the molecule is COCCCn1ccc(-c2cc3c(cc2C(=O)OC)-c2cc(=O)c(C)cn2C(C(C)C)C3)n1. The Labute approximate surface area is 194 Å². The van der Waals surface area contributed by atoms with Crippen LogP contribution in [0.2, 0.25) is 0 Å². The first-order valence-corrected chi connectivity index (χ1v) is 11.3. The molecule has 0 saturated heterocycles. The smallest absolute Gasteiger partial charge is 0.338 e. The van der Waals surface area contributed by atoms with Crippen molar-refractivity contribution in [1.82, 2.24) is 14.3 Å². The van der Waals surface area contributed by atoms with Gasteiger partial charge in [-0.1, -0.05) is 13.8 Å². The molecule has 7 heteroatoms. The fourth-order valence-corrected chi connectivity index (χ4v) is 4.57. The predicted octanol–water partition coefficient (Wildman–Crippen LogP) is 4.26. The van der Waals surface area contributed by atoms with Gasteiger partial charge in [0.25, 0.3) is 0 Å². The highest BCUT2D eigenvalue weighted by Crippen LogP contribution is 2.40. The van der Waals surface area contributed by atoms with Crippen molar-refractivity contribution in [3.63, 3.8) is 0 Å². The molecule has 1 aliphatic rings. The molecule has 0 fully saturated rings. The Kier molecular flexibility index (Phi) is 6.51. The molecule has 0 spiro atoms. The molecule has 1 aliphatic heterocycles. The number of carbonyl (C=O) groups is 1. The summed E-state index contributed by atoms with van der Waals surface area (Å²) in [6.07, 6.45) is 5.52. The van der Waals surface area contributed by atoms with Gasteiger partial charge in [-0.15, -0.1) is 0 Å². The lowest BCUT2D eigenvalue weighted by atomic mass is 9.84. The molecule has 0 aliphatic carbocycles. The second kappa shape index (κ2) is 9.35. The molecular weight excluding hydrogens is 418 g/mol. The molecule has 1 aromatic carbocycles. The highest BCUT2D eigenvalue weighted by atomic mass is 16.5. The van der Waals surface area contributed by atoms with E-state index in [-0.39, 0.29) is 11.5 Å². The highest BCUT2D eigenvalue weighted by Gasteiger charge is 2.29. The number of aryl methyl sites for hydroxylation is 2. The molecule has 174 valence electrons. The van der Waals surface area contributed by atoms with E-state index in [0.29, 0.717) is 18.1 Å². The third-order valence-corrected chi connectivity index (χ3v) is 6.40. The number of hydrogen-bond donors (Lipinski definition) is 0. The van der Waals surface area contributed by atoms with Gasteiger partial charge in [-0.05, 0) is 49.4 Å². The molecule has 3 aromatic rings. The van der Waals surface area contributed by atoms with Crippen LogP contribution in [0.15, 0.2) is 41.5 Å². The summed E-state index contributed by atoms with van der Waals surface area (Å²) in [5.41, 5.74) is 5.47. The Morgan fingerprint density at radius 1 is 1.21 bits per heavy atom. The van der Waals surface area contributed by atoms with Gasteiger partial charge in [0, 0.05) is 61.5 Å². The number of hydrogen-bond acceptors (Lipinski definition) is 5. The molecule has 3 heterocycles. The lowest BCUT2D eigenvalue weighted by Crippen LogP contribution is -2.26. The molecule has 33 heavy (non-hydrogen) atoms. The maximum absolute atomic E-state index is 12.8. The van der Waals surface area contributed by atoms with Gasteiger partial charge in [0.1, 0.15) is 0 Å². The number of methoxy groups -OCH3 is 2. The Morgan fingerprint density at radius 3 is 2.70 bits per heavy atom. The fourth-order valence-electron chi connectivity index (χ4n) is 4.57. The van der Waals surface area contributed by atoms with Crippen molar-refractivity contribution in [2.45, 2.75) is 46.2 Å². The van der Waals surface area contributed by atoms with Gasteiger partial charge in [0.15, 0.2) is 5.43 Å². The number of aromatic nitrogens is 3. The van der Waals surface area contributed by atoms with E-state index in [1.807, 2.05) is 42.2 Å². The summed E-state index contributed by atoms with van der Waals surface area (Å²) in [5, 5.41) is 4.70. The molecule has 0 saturated carbocycles. The molecule has 0 amide bonds. The summed E-state index contributed by atoms with van der Waals surface area (Å²) in [5.74, 6) is -0.0451. The first kappa shape index (κ1) is 23.0. The Morgan fingerprint density at radius 2 is 2.00 bits per heavy atom. The number of nitrogens with zero attached hydrogens (tertiary/aromatic N) is 3. The van der Waals surface area contributed by atoms with Gasteiger partial charge >= 0.3 is 5.97 Å². The largest absolute Gasteiger partial charge is 0.465 e. The zero-order valence-corrected chi connectivity index (χ0v) is 19.9. The third kappa shape index (κ3) is 4.37. The van der Waals surface area contributed by atoms with Crippen LogP contribution in [0.25, 0.3) is 22.5 Å². The van der Waals surface area contributed by atoms with Crippen molar-refractivity contribution in [3.05, 3.63) is 63.6 Å². The Balaban J connectivity index is 1.87. The maximum atomic E-state index is 12.8. The zero-order chi connectivity index (χ0) is 23.7. The number of rotatable bonds is 7. The van der Waals surface area contributed by atoms with Crippen molar-refractivity contribution in [2.24, 2.45) is 5.92 Å². The van der Waals surface area contributed by atoms with Crippen LogP contribution in [-0.4, -0.2) is 41.1 Å². The Hall–Kier alpha value is -3.19. The summed E-state index contributed by atoms with van der Waals surface area (Å²) in [6, 6.07) is 7.74. The standard InChI is InChI=1S/C26H31N3O4/c1-16(2)23-12-18-11-20(22-7-9-28(27-22)8-6-10-32-4)21(26(31)33-5)13-19(18)24-14-25(30)17(3)15-29(23)24/h7,9,11,13-16,23H,6,8,10,12H2,1-5H3. The number of fused-ring (bicyclic) bond motifs is 3. The maximum Gasteiger partial charge on any atom is 0.338 e. The topological polar surface area (TPSA) is 75.3 Å². The van der Waals surface area contributed by atoms with E-state index >= 15 is 0 Å². The average Bonchev–Trinajstić information content (AvgIpc) is 3.27. The van der Waals surface area contributed by atoms with Crippen molar-refractivity contribution < 1.29 is 14.3 Å². The molecule has 0 bridgehead atoms. The van der Waals surface area contributed by atoms with E-state index in [2.05, 4.69) is 18.4 Å². The summed E-state index contributed by atoms with van der Waals surface area (Å²) in [6.45, 7) is 7.62. The quantitative estimate of drug-likeness (QED) is 0.398. The van der Waals surface area contributed by atoms with E-state index in [1.165, 1.54) is 7.11 Å². The van der Waals surface area contributed by atoms with Crippen LogP contribution in [0.4, 0.5) is 0 Å². The molecular formula is C26H31N3O4. The van der Waals surface area contributed by atoms with Crippen LogP contribution in [-0.2, 0) is 22.4 Å². The summed E-state index contributed by atoms with van der Waals surface area (Å²) in [7, 11) is 3.06. The summed E-state index contributed by atoms with van der Waals surface area (Å²) in [4.78, 5) is 25.3. The van der Waals surface area contributed by atoms with Gasteiger partial charge in [-0.2, -0.15) is 5.10 Å². The minimum atomic E-state index is -0.422. The number of benzene rings is 1. The van der Waals surface area contributed by atoms with Crippen molar-refractivity contribution in [3.8, 4) is 22.5 Å². The van der Waals surface area contributed by atoms with Crippen LogP contribution in [0.5, 0.6) is 0 Å². The number of pyridine rings is 1. The summed E-state index contributed by atoms with van der Waals surface area (Å²) >= 11 is 0. The van der Waals surface area contributed by atoms with E-state index < -0.39 is 5.97 Å². The molecule has 0 N–H and O–H groups in total. The predicted molar refractivity (Wildman–Crippen MR) is 128 cm³/mol. The van der Waals surface area contributed by atoms with E-state index in [4.69, 9.17) is 14.6 Å². The van der Waals surface area contributed by atoms with Gasteiger partial charge in [0.05, 0.1) is 24.1 Å². The fraction of sp³-hybridized carbons (Fsp3) is 0.423. The molecule has 7 nitrogen and oxygen atoms in total. The van der Waals surface area contributed by atoms with Crippen molar-refractivity contribution >= 4 is 5.97 Å². The minimum absolute atomic E-state index is 0.00453. The minimum Gasteiger partial charge on any atom is -0.465 e. The van der Waals surface area contributed by atoms with Crippen molar-refractivity contribution in [1.29, 1.82) is 0 Å². The normalized spacial score (nSPS) is 14.8. The molecule has 1 unspecified atom stereocenters. The van der Waals surface area contributed by atoms with Crippen LogP contribution in [0, 0.1) is 12.8 Å². The number of esters is 1. The first-order valence-electron chi connectivity index (χ1n) is 11.3. The molecule has 4 rings (SSSR count). The van der Waals surface area contributed by atoms with E-state index in [0.717, 1.165) is 53.0 Å². The Bertz CT molecular complexity index is 1240.